The van der Waals surface area contributed by atoms with E-state index < -0.39 is 0 Å². The van der Waals surface area contributed by atoms with E-state index in [9.17, 15) is 0 Å². The Morgan fingerprint density at radius 2 is 2.12 bits per heavy atom. The number of rotatable bonds is 5. The van der Waals surface area contributed by atoms with Crippen molar-refractivity contribution < 1.29 is 0 Å². The van der Waals surface area contributed by atoms with Crippen molar-refractivity contribution in [3.63, 3.8) is 0 Å². The van der Waals surface area contributed by atoms with Crippen molar-refractivity contribution in [3.05, 3.63) is 40.0 Å². The fourth-order valence-corrected chi connectivity index (χ4v) is 4.50. The zero-order chi connectivity index (χ0) is 16.5. The zero-order valence-corrected chi connectivity index (χ0v) is 15.4. The van der Waals surface area contributed by atoms with E-state index in [-0.39, 0.29) is 0 Å². The Morgan fingerprint density at radius 1 is 1.25 bits per heavy atom. The molecule has 24 heavy (non-hydrogen) atoms. The normalized spacial score (nSPS) is 21.8. The lowest BCUT2D eigenvalue weighted by Crippen LogP contribution is -2.46. The molecule has 0 N–H and O–H groups in total. The van der Waals surface area contributed by atoms with E-state index in [1.807, 2.05) is 17.5 Å². The highest BCUT2D eigenvalue weighted by Gasteiger charge is 2.28. The maximum absolute atomic E-state index is 4.82. The van der Waals surface area contributed by atoms with Gasteiger partial charge in [-0.1, -0.05) is 0 Å². The Morgan fingerprint density at radius 3 is 2.88 bits per heavy atom. The van der Waals surface area contributed by atoms with Crippen LogP contribution >= 0.6 is 11.3 Å². The molecule has 1 saturated carbocycles. The third-order valence-corrected chi connectivity index (χ3v) is 6.15. The van der Waals surface area contributed by atoms with Gasteiger partial charge in [0.15, 0.2) is 0 Å². The van der Waals surface area contributed by atoms with Gasteiger partial charge in [0, 0.05) is 48.0 Å². The first-order valence-electron chi connectivity index (χ1n) is 9.02. The number of thiophene rings is 1. The van der Waals surface area contributed by atoms with E-state index in [0.717, 1.165) is 24.7 Å². The van der Waals surface area contributed by atoms with Crippen molar-refractivity contribution in [3.8, 4) is 0 Å². The quantitative estimate of drug-likeness (QED) is 0.827. The number of likely N-dealkylation sites (N-methyl/N-ethyl adjacent to an activating group) is 1. The molecule has 0 bridgehead atoms. The van der Waals surface area contributed by atoms with E-state index >= 15 is 0 Å². The van der Waals surface area contributed by atoms with Crippen LogP contribution in [0, 0.1) is 6.92 Å². The van der Waals surface area contributed by atoms with Gasteiger partial charge in [0.1, 0.15) is 11.6 Å². The van der Waals surface area contributed by atoms with Gasteiger partial charge in [-0.2, -0.15) is 0 Å². The van der Waals surface area contributed by atoms with Crippen LogP contribution in [0.5, 0.6) is 0 Å². The van der Waals surface area contributed by atoms with Crippen LogP contribution in [0.25, 0.3) is 0 Å². The molecule has 5 heteroatoms. The first-order chi connectivity index (χ1) is 11.7. The van der Waals surface area contributed by atoms with Gasteiger partial charge < -0.3 is 4.90 Å². The van der Waals surface area contributed by atoms with E-state index in [4.69, 9.17) is 4.98 Å². The molecule has 1 unspecified atom stereocenters. The maximum Gasteiger partial charge on any atom is 0.133 e. The molecule has 2 aromatic heterocycles. The fourth-order valence-electron chi connectivity index (χ4n) is 3.57. The SMILES string of the molecule is Cc1ccc(CN2CCCC(N(C)c3ccnc(C4CC4)n3)C2)s1. The Kier molecular flexibility index (Phi) is 4.55. The zero-order valence-electron chi connectivity index (χ0n) is 14.6. The third kappa shape index (κ3) is 3.62. The first-order valence-corrected chi connectivity index (χ1v) is 9.84. The van der Waals surface area contributed by atoms with Crippen molar-refractivity contribution >= 4 is 17.2 Å². The molecule has 0 radical (unpaired) electrons. The Hall–Kier alpha value is -1.46. The minimum Gasteiger partial charge on any atom is -0.355 e. The first kappa shape index (κ1) is 16.0. The van der Waals surface area contributed by atoms with E-state index in [1.165, 1.54) is 42.0 Å². The highest BCUT2D eigenvalue weighted by Crippen LogP contribution is 2.38. The van der Waals surface area contributed by atoms with Crippen LogP contribution in [0.3, 0.4) is 0 Å². The van der Waals surface area contributed by atoms with Crippen LogP contribution in [0.15, 0.2) is 24.4 Å². The number of hydrogen-bond donors (Lipinski definition) is 0. The number of nitrogens with zero attached hydrogens (tertiary/aromatic N) is 4. The molecule has 4 nitrogen and oxygen atoms in total. The number of aryl methyl sites for hydroxylation is 1. The van der Waals surface area contributed by atoms with Gasteiger partial charge >= 0.3 is 0 Å². The lowest BCUT2D eigenvalue weighted by Gasteiger charge is -2.38. The smallest absolute Gasteiger partial charge is 0.133 e. The number of likely N-dealkylation sites (tertiary alicyclic amines) is 1. The molecule has 4 rings (SSSR count). The van der Waals surface area contributed by atoms with Crippen LogP contribution < -0.4 is 4.90 Å². The summed E-state index contributed by atoms with van der Waals surface area (Å²) in [6.45, 7) is 5.60. The molecule has 1 aliphatic carbocycles. The standard InChI is InChI=1S/C19H26N4S/c1-14-5-8-17(24-14)13-23-11-3-4-16(12-23)22(2)18-9-10-20-19(21-18)15-6-7-15/h5,8-10,15-16H,3-4,6-7,11-13H2,1-2H3. The van der Waals surface area contributed by atoms with E-state index in [1.54, 1.807) is 0 Å². The largest absolute Gasteiger partial charge is 0.355 e. The average Bonchev–Trinajstić information content (AvgIpc) is 3.38. The fraction of sp³-hybridized carbons (Fsp3) is 0.579. The van der Waals surface area contributed by atoms with Crippen molar-refractivity contribution in [2.24, 2.45) is 0 Å². The molecule has 2 aliphatic rings. The van der Waals surface area contributed by atoms with Crippen molar-refractivity contribution in [2.45, 2.75) is 51.1 Å². The molecule has 1 saturated heterocycles. The molecule has 3 heterocycles. The van der Waals surface area contributed by atoms with Gasteiger partial charge in [-0.3, -0.25) is 4.90 Å². The molecular formula is C19H26N4S. The number of piperidine rings is 1. The summed E-state index contributed by atoms with van der Waals surface area (Å²) in [7, 11) is 2.20. The van der Waals surface area contributed by atoms with Crippen LogP contribution in [0.2, 0.25) is 0 Å². The predicted octanol–water partition coefficient (Wildman–Crippen LogP) is 3.82. The molecule has 128 valence electrons. The van der Waals surface area contributed by atoms with Crippen LogP contribution in [-0.4, -0.2) is 41.0 Å². The van der Waals surface area contributed by atoms with Crippen molar-refractivity contribution in [1.82, 2.24) is 14.9 Å². The predicted molar refractivity (Wildman–Crippen MR) is 99.8 cm³/mol. The molecular weight excluding hydrogens is 316 g/mol. The van der Waals surface area contributed by atoms with Gasteiger partial charge in [-0.05, 0) is 57.4 Å². The minimum atomic E-state index is 0.543. The Bertz CT molecular complexity index is 694. The van der Waals surface area contributed by atoms with Gasteiger partial charge in [0.05, 0.1) is 0 Å². The number of hydrogen-bond acceptors (Lipinski definition) is 5. The summed E-state index contributed by atoms with van der Waals surface area (Å²) >= 11 is 1.92. The number of anilines is 1. The topological polar surface area (TPSA) is 32.3 Å². The second-order valence-corrected chi connectivity index (χ2v) is 8.57. The third-order valence-electron chi connectivity index (χ3n) is 5.17. The van der Waals surface area contributed by atoms with Crippen LogP contribution in [0.1, 0.15) is 47.2 Å². The molecule has 1 aliphatic heterocycles. The number of aromatic nitrogens is 2. The molecule has 0 aromatic carbocycles. The molecule has 2 fully saturated rings. The lowest BCUT2D eigenvalue weighted by molar-refractivity contribution is 0.200. The highest BCUT2D eigenvalue weighted by molar-refractivity contribution is 7.11. The monoisotopic (exact) mass is 342 g/mol. The average molecular weight is 343 g/mol. The molecule has 1 atom stereocenters. The van der Waals surface area contributed by atoms with Crippen LogP contribution in [-0.2, 0) is 6.54 Å². The second-order valence-electron chi connectivity index (χ2n) is 7.20. The van der Waals surface area contributed by atoms with Gasteiger partial charge in [0.2, 0.25) is 0 Å². The maximum atomic E-state index is 4.82. The van der Waals surface area contributed by atoms with Gasteiger partial charge in [0.25, 0.3) is 0 Å². The summed E-state index contributed by atoms with van der Waals surface area (Å²) in [5.41, 5.74) is 0. The summed E-state index contributed by atoms with van der Waals surface area (Å²) in [6.07, 6.45) is 6.95. The summed E-state index contributed by atoms with van der Waals surface area (Å²) in [5.74, 6) is 2.75. The minimum absolute atomic E-state index is 0.543. The van der Waals surface area contributed by atoms with E-state index in [2.05, 4.69) is 47.0 Å². The second kappa shape index (κ2) is 6.81. The van der Waals surface area contributed by atoms with Crippen molar-refractivity contribution in [1.29, 1.82) is 0 Å². The van der Waals surface area contributed by atoms with Crippen molar-refractivity contribution in [2.75, 3.05) is 25.0 Å². The van der Waals surface area contributed by atoms with Gasteiger partial charge in [-0.15, -0.1) is 11.3 Å². The Labute approximate surface area is 148 Å². The summed E-state index contributed by atoms with van der Waals surface area (Å²) in [6, 6.07) is 7.11. The molecule has 2 aromatic rings. The Balaban J connectivity index is 1.42. The summed E-state index contributed by atoms with van der Waals surface area (Å²) in [5, 5.41) is 0. The van der Waals surface area contributed by atoms with Crippen LogP contribution in [0.4, 0.5) is 5.82 Å². The highest BCUT2D eigenvalue weighted by atomic mass is 32.1. The summed E-state index contributed by atoms with van der Waals surface area (Å²) in [4.78, 5) is 17.1. The van der Waals surface area contributed by atoms with E-state index in [0.29, 0.717) is 12.0 Å². The lowest BCUT2D eigenvalue weighted by atomic mass is 10.0. The molecule has 0 amide bonds. The van der Waals surface area contributed by atoms with Gasteiger partial charge in [-0.25, -0.2) is 9.97 Å². The molecule has 0 spiro atoms. The summed E-state index contributed by atoms with van der Waals surface area (Å²) < 4.78 is 0.